The van der Waals surface area contributed by atoms with Crippen molar-refractivity contribution in [3.63, 3.8) is 0 Å². The van der Waals surface area contributed by atoms with Crippen LogP contribution in [0.15, 0.2) is 237 Å². The summed E-state index contributed by atoms with van der Waals surface area (Å²) < 4.78 is 0. The largest absolute Gasteiger partial charge is 0.310 e. The second-order valence-electron chi connectivity index (χ2n) is 17.5. The van der Waals surface area contributed by atoms with Gasteiger partial charge in [0.05, 0.1) is 0 Å². The van der Waals surface area contributed by atoms with Crippen molar-refractivity contribution in [2.24, 2.45) is 0 Å². The quantitative estimate of drug-likeness (QED) is 0.143. The van der Waals surface area contributed by atoms with Crippen LogP contribution < -0.4 is 9.80 Å². The summed E-state index contributed by atoms with van der Waals surface area (Å²) in [7, 11) is 0. The highest BCUT2D eigenvalue weighted by molar-refractivity contribution is 5.97. The lowest BCUT2D eigenvalue weighted by Crippen LogP contribution is -2.17. The van der Waals surface area contributed by atoms with Gasteiger partial charge in [0.15, 0.2) is 0 Å². The molecule has 0 heterocycles. The average molecular weight is 821 g/mol. The number of fused-ring (bicyclic) bond motifs is 4. The normalized spacial score (nSPS) is 12.4. The van der Waals surface area contributed by atoms with Crippen LogP contribution in [0.3, 0.4) is 0 Å². The fourth-order valence-corrected chi connectivity index (χ4v) is 9.79. The third-order valence-electron chi connectivity index (χ3n) is 13.1. The van der Waals surface area contributed by atoms with Crippen LogP contribution in [0.1, 0.15) is 30.5 Å². The molecule has 0 radical (unpaired) electrons. The first-order valence-electron chi connectivity index (χ1n) is 22.2. The molecule has 306 valence electrons. The molecule has 64 heavy (non-hydrogen) atoms. The maximum atomic E-state index is 2.43. The number of nitrogens with zero attached hydrogens (tertiary/aromatic N) is 2. The lowest BCUT2D eigenvalue weighted by atomic mass is 9.82. The molecule has 0 aliphatic heterocycles. The number of benzene rings is 10. The lowest BCUT2D eigenvalue weighted by Gasteiger charge is -2.29. The molecule has 0 fully saturated rings. The summed E-state index contributed by atoms with van der Waals surface area (Å²) in [4.78, 5) is 4.81. The van der Waals surface area contributed by atoms with Crippen molar-refractivity contribution in [2.45, 2.75) is 26.2 Å². The first kappa shape index (κ1) is 38.9. The zero-order valence-corrected chi connectivity index (χ0v) is 36.4. The van der Waals surface area contributed by atoms with Crippen LogP contribution in [-0.2, 0) is 5.41 Å². The van der Waals surface area contributed by atoms with Gasteiger partial charge in [-0.1, -0.05) is 178 Å². The molecular weight excluding hydrogens is 773 g/mol. The second kappa shape index (κ2) is 16.1. The van der Waals surface area contributed by atoms with Crippen molar-refractivity contribution >= 4 is 44.9 Å². The lowest BCUT2D eigenvalue weighted by molar-refractivity contribution is 0.660. The number of hydrogen-bond acceptors (Lipinski definition) is 2. The smallest absolute Gasteiger partial charge is 0.0465 e. The molecule has 0 aromatic heterocycles. The van der Waals surface area contributed by atoms with Crippen LogP contribution in [0.25, 0.3) is 55.3 Å². The third kappa shape index (κ3) is 7.04. The maximum Gasteiger partial charge on any atom is 0.0465 e. The van der Waals surface area contributed by atoms with Gasteiger partial charge in [0.1, 0.15) is 0 Å². The molecule has 2 heteroatoms. The summed E-state index contributed by atoms with van der Waals surface area (Å²) in [5.74, 6) is 0. The van der Waals surface area contributed by atoms with Crippen LogP contribution >= 0.6 is 0 Å². The minimum atomic E-state index is -0.257. The van der Waals surface area contributed by atoms with Gasteiger partial charge in [-0.15, -0.1) is 0 Å². The Morgan fingerprint density at radius 1 is 0.297 bits per heavy atom. The number of rotatable bonds is 9. The van der Waals surface area contributed by atoms with Gasteiger partial charge < -0.3 is 9.80 Å². The standard InChI is InChI=1S/C62H48N2/c1-43-14-12-21-53(40-43)64(52-34-28-49(29-35-52)57-23-13-20-48-19-10-11-22-56(48)57)55-37-39-59-58-38-36-54(41-60(58)62(2,3)61(59)42-55)63(50-30-24-46(25-31-50)44-15-6-4-7-16-44)51-32-26-47(27-33-51)45-17-8-5-9-18-45/h4-42H,1-3H3. The van der Waals surface area contributed by atoms with Crippen molar-refractivity contribution in [3.8, 4) is 44.5 Å². The van der Waals surface area contributed by atoms with E-state index in [0.717, 1.165) is 34.1 Å². The van der Waals surface area contributed by atoms with Gasteiger partial charge in [0, 0.05) is 39.5 Å². The summed E-state index contributed by atoms with van der Waals surface area (Å²) in [6, 6.07) is 86.4. The molecule has 0 saturated heterocycles. The molecule has 0 N–H and O–H groups in total. The summed E-state index contributed by atoms with van der Waals surface area (Å²) in [6.07, 6.45) is 0. The third-order valence-corrected chi connectivity index (χ3v) is 13.1. The van der Waals surface area contributed by atoms with Crippen molar-refractivity contribution in [3.05, 3.63) is 253 Å². The van der Waals surface area contributed by atoms with E-state index in [1.807, 2.05) is 0 Å². The summed E-state index contributed by atoms with van der Waals surface area (Å²) in [5.41, 5.74) is 20.2. The van der Waals surface area contributed by atoms with E-state index in [9.17, 15) is 0 Å². The molecule has 10 aromatic carbocycles. The molecule has 2 nitrogen and oxygen atoms in total. The summed E-state index contributed by atoms with van der Waals surface area (Å²) >= 11 is 0. The van der Waals surface area contributed by atoms with E-state index in [-0.39, 0.29) is 5.41 Å². The minimum Gasteiger partial charge on any atom is -0.310 e. The molecule has 10 aromatic rings. The molecule has 0 amide bonds. The molecular formula is C62H48N2. The predicted molar refractivity (Wildman–Crippen MR) is 272 cm³/mol. The first-order valence-corrected chi connectivity index (χ1v) is 22.2. The number of anilines is 6. The Balaban J connectivity index is 0.976. The highest BCUT2D eigenvalue weighted by Gasteiger charge is 2.37. The number of hydrogen-bond donors (Lipinski definition) is 0. The zero-order valence-electron chi connectivity index (χ0n) is 36.4. The van der Waals surface area contributed by atoms with Crippen LogP contribution in [0, 0.1) is 6.92 Å². The van der Waals surface area contributed by atoms with Gasteiger partial charge in [-0.3, -0.25) is 0 Å². The monoisotopic (exact) mass is 820 g/mol. The van der Waals surface area contributed by atoms with Gasteiger partial charge in [-0.05, 0) is 152 Å². The summed E-state index contributed by atoms with van der Waals surface area (Å²) in [5, 5.41) is 2.52. The molecule has 11 rings (SSSR count). The fourth-order valence-electron chi connectivity index (χ4n) is 9.79. The molecule has 0 atom stereocenters. The Hall–Kier alpha value is -7.94. The van der Waals surface area contributed by atoms with Crippen LogP contribution in [0.5, 0.6) is 0 Å². The summed E-state index contributed by atoms with van der Waals surface area (Å²) in [6.45, 7) is 6.94. The highest BCUT2D eigenvalue weighted by atomic mass is 15.1. The van der Waals surface area contributed by atoms with E-state index in [2.05, 4.69) is 267 Å². The van der Waals surface area contributed by atoms with E-state index >= 15 is 0 Å². The van der Waals surface area contributed by atoms with Crippen molar-refractivity contribution < 1.29 is 0 Å². The second-order valence-corrected chi connectivity index (χ2v) is 17.5. The highest BCUT2D eigenvalue weighted by Crippen LogP contribution is 2.52. The average Bonchev–Trinajstić information content (AvgIpc) is 3.57. The minimum absolute atomic E-state index is 0.257. The van der Waals surface area contributed by atoms with E-state index in [4.69, 9.17) is 0 Å². The Bertz CT molecular complexity index is 3190. The fraction of sp³-hybridized carbons (Fsp3) is 0.0645. The van der Waals surface area contributed by atoms with Crippen molar-refractivity contribution in [1.29, 1.82) is 0 Å². The molecule has 0 saturated carbocycles. The maximum absolute atomic E-state index is 2.43. The van der Waals surface area contributed by atoms with Crippen LogP contribution in [-0.4, -0.2) is 0 Å². The predicted octanol–water partition coefficient (Wildman–Crippen LogP) is 17.4. The van der Waals surface area contributed by atoms with Crippen molar-refractivity contribution in [1.82, 2.24) is 0 Å². The van der Waals surface area contributed by atoms with E-state index < -0.39 is 0 Å². The van der Waals surface area contributed by atoms with Gasteiger partial charge in [0.25, 0.3) is 0 Å². The van der Waals surface area contributed by atoms with E-state index in [1.165, 1.54) is 72.0 Å². The Labute approximate surface area is 377 Å². The Morgan fingerprint density at radius 3 is 1.23 bits per heavy atom. The van der Waals surface area contributed by atoms with E-state index in [0.29, 0.717) is 0 Å². The van der Waals surface area contributed by atoms with Crippen LogP contribution in [0.2, 0.25) is 0 Å². The molecule has 0 unspecified atom stereocenters. The Kier molecular flexibility index (Phi) is 9.78. The Morgan fingerprint density at radius 2 is 0.703 bits per heavy atom. The SMILES string of the molecule is Cc1cccc(N(c2ccc(-c3cccc4ccccc34)cc2)c2ccc3c(c2)C(C)(C)c2cc(N(c4ccc(-c5ccccc5)cc4)c4ccc(-c5ccccc5)cc4)ccc2-3)c1. The van der Waals surface area contributed by atoms with Gasteiger partial charge in [-0.2, -0.15) is 0 Å². The molecule has 1 aliphatic carbocycles. The topological polar surface area (TPSA) is 6.48 Å². The van der Waals surface area contributed by atoms with Gasteiger partial charge >= 0.3 is 0 Å². The zero-order chi connectivity index (χ0) is 43.2. The molecule has 0 spiro atoms. The van der Waals surface area contributed by atoms with Gasteiger partial charge in [0.2, 0.25) is 0 Å². The van der Waals surface area contributed by atoms with Gasteiger partial charge in [-0.25, -0.2) is 0 Å². The molecule has 1 aliphatic rings. The number of aryl methyl sites for hydroxylation is 1. The first-order chi connectivity index (χ1) is 31.4. The van der Waals surface area contributed by atoms with E-state index in [1.54, 1.807) is 0 Å². The van der Waals surface area contributed by atoms with Crippen molar-refractivity contribution in [2.75, 3.05) is 9.80 Å². The van der Waals surface area contributed by atoms with Crippen LogP contribution in [0.4, 0.5) is 34.1 Å². The molecule has 0 bridgehead atoms.